The summed E-state index contributed by atoms with van der Waals surface area (Å²) in [6.07, 6.45) is 1.10. The van der Waals surface area contributed by atoms with Crippen molar-refractivity contribution in [3.05, 3.63) is 42.0 Å². The molecule has 0 radical (unpaired) electrons. The minimum atomic E-state index is -1.35. The highest BCUT2D eigenvalue weighted by Gasteiger charge is 2.36. The van der Waals surface area contributed by atoms with Gasteiger partial charge in [-0.1, -0.05) is 53.5 Å². The van der Waals surface area contributed by atoms with Gasteiger partial charge in [0.05, 0.1) is 0 Å². The number of rotatable bonds is 0. The summed E-state index contributed by atoms with van der Waals surface area (Å²) in [4.78, 5) is 11.9. The molecule has 92 valence electrons. The monoisotopic (exact) mass is 279 g/mol. The minimum absolute atomic E-state index is 0.347. The van der Waals surface area contributed by atoms with Crippen molar-refractivity contribution >= 4 is 45.6 Å². The van der Waals surface area contributed by atoms with Crippen molar-refractivity contribution in [2.24, 2.45) is 0 Å². The van der Waals surface area contributed by atoms with Gasteiger partial charge in [-0.2, -0.15) is 0 Å². The fourth-order valence-corrected chi connectivity index (χ4v) is 2.62. The Bertz CT molecular complexity index is 637. The average Bonchev–Trinajstić information content (AvgIpc) is 2.47. The maximum absolute atomic E-state index is 11.9. The predicted octanol–water partition coefficient (Wildman–Crippen LogP) is 3.90. The standard InChI is InChI=1S/C14H11Cl2NO/c15-14(16)8-7-11-10-4-2-1-3-9(10)5-6-12(11)17-13(14)18/h1-6H,7-8H2,(H,17,18). The Kier molecular flexibility index (Phi) is 2.72. The number of alkyl halides is 2. The van der Waals surface area contributed by atoms with Crippen LogP contribution < -0.4 is 5.32 Å². The van der Waals surface area contributed by atoms with Gasteiger partial charge in [0.1, 0.15) is 0 Å². The van der Waals surface area contributed by atoms with E-state index in [1.54, 1.807) is 0 Å². The van der Waals surface area contributed by atoms with Crippen molar-refractivity contribution < 1.29 is 4.79 Å². The van der Waals surface area contributed by atoms with Gasteiger partial charge in [-0.3, -0.25) is 4.79 Å². The Morgan fingerprint density at radius 3 is 2.72 bits per heavy atom. The van der Waals surface area contributed by atoms with E-state index >= 15 is 0 Å². The summed E-state index contributed by atoms with van der Waals surface area (Å²) in [5.74, 6) is -0.347. The average molecular weight is 280 g/mol. The number of carbonyl (C=O) groups is 1. The molecular weight excluding hydrogens is 269 g/mol. The number of benzene rings is 2. The molecule has 0 aliphatic carbocycles. The molecule has 0 bridgehead atoms. The molecule has 18 heavy (non-hydrogen) atoms. The number of fused-ring (bicyclic) bond motifs is 3. The van der Waals surface area contributed by atoms with Crippen molar-refractivity contribution in [1.82, 2.24) is 0 Å². The SMILES string of the molecule is O=C1Nc2ccc3ccccc3c2CCC1(Cl)Cl. The Morgan fingerprint density at radius 1 is 1.11 bits per heavy atom. The van der Waals surface area contributed by atoms with Crippen molar-refractivity contribution in [3.8, 4) is 0 Å². The third-order valence-electron chi connectivity index (χ3n) is 3.31. The van der Waals surface area contributed by atoms with Crippen LogP contribution in [0.3, 0.4) is 0 Å². The van der Waals surface area contributed by atoms with Crippen LogP contribution in [0.25, 0.3) is 10.8 Å². The second-order valence-corrected chi connectivity index (χ2v) is 5.96. The molecule has 2 aromatic rings. The molecule has 0 saturated heterocycles. The van der Waals surface area contributed by atoms with E-state index in [0.29, 0.717) is 12.8 Å². The van der Waals surface area contributed by atoms with E-state index in [-0.39, 0.29) is 5.91 Å². The fraction of sp³-hybridized carbons (Fsp3) is 0.214. The lowest BCUT2D eigenvalue weighted by atomic mass is 9.99. The van der Waals surface area contributed by atoms with Crippen molar-refractivity contribution in [2.45, 2.75) is 17.2 Å². The number of hydrogen-bond acceptors (Lipinski definition) is 1. The first-order chi connectivity index (χ1) is 8.58. The zero-order valence-corrected chi connectivity index (χ0v) is 11.1. The summed E-state index contributed by atoms with van der Waals surface area (Å²) >= 11 is 12.0. The molecule has 0 spiro atoms. The summed E-state index contributed by atoms with van der Waals surface area (Å²) in [7, 11) is 0. The number of hydrogen-bond donors (Lipinski definition) is 1. The molecule has 0 saturated carbocycles. The van der Waals surface area contributed by atoms with E-state index < -0.39 is 4.33 Å². The number of carbonyl (C=O) groups excluding carboxylic acids is 1. The maximum atomic E-state index is 11.9. The first kappa shape index (κ1) is 11.8. The third kappa shape index (κ3) is 1.86. The fourth-order valence-electron chi connectivity index (χ4n) is 2.33. The predicted molar refractivity (Wildman–Crippen MR) is 75.3 cm³/mol. The van der Waals surface area contributed by atoms with Crippen LogP contribution in [0.4, 0.5) is 5.69 Å². The van der Waals surface area contributed by atoms with Crippen molar-refractivity contribution in [2.75, 3.05) is 5.32 Å². The van der Waals surface area contributed by atoms with E-state index in [9.17, 15) is 4.79 Å². The van der Waals surface area contributed by atoms with Crippen LogP contribution in [-0.2, 0) is 11.2 Å². The van der Waals surface area contributed by atoms with Crippen LogP contribution in [0, 0.1) is 0 Å². The number of amides is 1. The number of anilines is 1. The molecule has 1 heterocycles. The number of nitrogens with one attached hydrogen (secondary N) is 1. The van der Waals surface area contributed by atoms with Crippen molar-refractivity contribution in [3.63, 3.8) is 0 Å². The summed E-state index contributed by atoms with van der Waals surface area (Å²) in [5, 5.41) is 5.10. The lowest BCUT2D eigenvalue weighted by Gasteiger charge is -2.14. The second-order valence-electron chi connectivity index (χ2n) is 4.47. The highest BCUT2D eigenvalue weighted by atomic mass is 35.5. The quantitative estimate of drug-likeness (QED) is 0.728. The van der Waals surface area contributed by atoms with E-state index in [1.807, 2.05) is 24.3 Å². The van der Waals surface area contributed by atoms with Gasteiger partial charge >= 0.3 is 0 Å². The molecule has 0 unspecified atom stereocenters. The zero-order valence-electron chi connectivity index (χ0n) is 9.54. The Labute approximate surface area is 115 Å². The van der Waals surface area contributed by atoms with Gasteiger partial charge in [0.15, 0.2) is 4.33 Å². The van der Waals surface area contributed by atoms with Gasteiger partial charge in [-0.15, -0.1) is 0 Å². The normalized spacial score (nSPS) is 18.0. The Morgan fingerprint density at radius 2 is 1.89 bits per heavy atom. The van der Waals surface area contributed by atoms with Gasteiger partial charge in [-0.05, 0) is 35.2 Å². The van der Waals surface area contributed by atoms with Gasteiger partial charge in [0.2, 0.25) is 0 Å². The zero-order chi connectivity index (χ0) is 12.8. The molecule has 0 aromatic heterocycles. The van der Waals surface area contributed by atoms with E-state index in [1.165, 1.54) is 0 Å². The van der Waals surface area contributed by atoms with Crippen LogP contribution in [0.2, 0.25) is 0 Å². The summed E-state index contributed by atoms with van der Waals surface area (Å²) in [5.41, 5.74) is 1.91. The number of aryl methyl sites for hydroxylation is 1. The third-order valence-corrected chi connectivity index (χ3v) is 4.03. The van der Waals surface area contributed by atoms with Gasteiger partial charge in [0, 0.05) is 5.69 Å². The van der Waals surface area contributed by atoms with E-state index in [4.69, 9.17) is 23.2 Å². The van der Waals surface area contributed by atoms with Crippen LogP contribution in [0.5, 0.6) is 0 Å². The Balaban J connectivity index is 2.19. The molecule has 4 heteroatoms. The molecule has 1 N–H and O–H groups in total. The minimum Gasteiger partial charge on any atom is -0.323 e. The first-order valence-electron chi connectivity index (χ1n) is 5.78. The summed E-state index contributed by atoms with van der Waals surface area (Å²) in [6, 6.07) is 12.0. The van der Waals surface area contributed by atoms with E-state index in [0.717, 1.165) is 22.0 Å². The summed E-state index contributed by atoms with van der Waals surface area (Å²) < 4.78 is -1.35. The Hall–Kier alpha value is -1.25. The number of halogens is 2. The first-order valence-corrected chi connectivity index (χ1v) is 6.53. The van der Waals surface area contributed by atoms with Crippen LogP contribution in [0.15, 0.2) is 36.4 Å². The molecule has 0 atom stereocenters. The molecule has 2 aromatic carbocycles. The highest BCUT2D eigenvalue weighted by Crippen LogP contribution is 2.36. The molecule has 3 rings (SSSR count). The smallest absolute Gasteiger partial charge is 0.260 e. The van der Waals surface area contributed by atoms with Gasteiger partial charge in [-0.25, -0.2) is 0 Å². The highest BCUT2D eigenvalue weighted by molar-refractivity contribution is 6.59. The molecule has 2 nitrogen and oxygen atoms in total. The maximum Gasteiger partial charge on any atom is 0.260 e. The van der Waals surface area contributed by atoms with Gasteiger partial charge in [0.25, 0.3) is 5.91 Å². The van der Waals surface area contributed by atoms with Crippen molar-refractivity contribution in [1.29, 1.82) is 0 Å². The lowest BCUT2D eigenvalue weighted by Crippen LogP contribution is -2.30. The molecular formula is C14H11Cl2NO. The van der Waals surface area contributed by atoms with Gasteiger partial charge < -0.3 is 5.32 Å². The molecule has 1 amide bonds. The lowest BCUT2D eigenvalue weighted by molar-refractivity contribution is -0.116. The van der Waals surface area contributed by atoms with Crippen LogP contribution in [-0.4, -0.2) is 10.2 Å². The topological polar surface area (TPSA) is 29.1 Å². The second kappa shape index (κ2) is 4.15. The molecule has 1 aliphatic rings. The van der Waals surface area contributed by atoms with Crippen LogP contribution in [0.1, 0.15) is 12.0 Å². The van der Waals surface area contributed by atoms with E-state index in [2.05, 4.69) is 17.4 Å². The van der Waals surface area contributed by atoms with Crippen LogP contribution >= 0.6 is 23.2 Å². The molecule has 1 aliphatic heterocycles. The molecule has 0 fully saturated rings. The summed E-state index contributed by atoms with van der Waals surface area (Å²) in [6.45, 7) is 0. The largest absolute Gasteiger partial charge is 0.323 e.